The number of halogens is 1. The van der Waals surface area contributed by atoms with Crippen LogP contribution in [-0.4, -0.2) is 13.3 Å². The number of nitro benzene ring substituents is 1. The van der Waals surface area contributed by atoms with Crippen LogP contribution < -0.4 is 4.72 Å². The molecule has 2 aromatic carbocycles. The highest BCUT2D eigenvalue weighted by Gasteiger charge is 2.17. The van der Waals surface area contributed by atoms with E-state index >= 15 is 0 Å². The fraction of sp³-hybridized carbons (Fsp3) is 0.0769. The standard InChI is InChI=1S/C13H11BrN2O4S/c14-12-6-1-2-7-13(12)21(19,20)15-9-10-4-3-5-11(8-10)16(17)18/h1-8,15H,9H2. The van der Waals surface area contributed by atoms with Crippen LogP contribution in [0.2, 0.25) is 0 Å². The Morgan fingerprint density at radius 3 is 2.52 bits per heavy atom. The summed E-state index contributed by atoms with van der Waals surface area (Å²) in [7, 11) is -3.69. The molecule has 8 heteroatoms. The van der Waals surface area contributed by atoms with Crippen LogP contribution >= 0.6 is 15.9 Å². The SMILES string of the molecule is O=[N+]([O-])c1cccc(CNS(=O)(=O)c2ccccc2Br)c1. The smallest absolute Gasteiger partial charge is 0.258 e. The highest BCUT2D eigenvalue weighted by atomic mass is 79.9. The highest BCUT2D eigenvalue weighted by molar-refractivity contribution is 9.10. The molecule has 0 radical (unpaired) electrons. The molecule has 0 aromatic heterocycles. The largest absolute Gasteiger partial charge is 0.269 e. The van der Waals surface area contributed by atoms with Crippen molar-refractivity contribution < 1.29 is 13.3 Å². The molecule has 110 valence electrons. The van der Waals surface area contributed by atoms with E-state index < -0.39 is 14.9 Å². The molecule has 0 heterocycles. The van der Waals surface area contributed by atoms with Gasteiger partial charge in [0.1, 0.15) is 0 Å². The number of hydrogen-bond acceptors (Lipinski definition) is 4. The Morgan fingerprint density at radius 2 is 1.86 bits per heavy atom. The number of nitrogens with zero attached hydrogens (tertiary/aromatic N) is 1. The Hall–Kier alpha value is -1.77. The minimum absolute atomic E-state index is 0.0225. The first-order valence-corrected chi connectivity index (χ1v) is 8.15. The summed E-state index contributed by atoms with van der Waals surface area (Å²) in [5.41, 5.74) is 0.437. The summed E-state index contributed by atoms with van der Waals surface area (Å²) < 4.78 is 27.2. The van der Waals surface area contributed by atoms with Gasteiger partial charge in [0, 0.05) is 23.2 Å². The maximum atomic E-state index is 12.2. The van der Waals surface area contributed by atoms with Crippen molar-refractivity contribution >= 4 is 31.6 Å². The molecule has 0 saturated heterocycles. The van der Waals surface area contributed by atoms with E-state index in [0.717, 1.165) is 0 Å². The Bertz CT molecular complexity index is 777. The van der Waals surface area contributed by atoms with Gasteiger partial charge in [-0.1, -0.05) is 24.3 Å². The lowest BCUT2D eigenvalue weighted by molar-refractivity contribution is -0.384. The summed E-state index contributed by atoms with van der Waals surface area (Å²) in [4.78, 5) is 10.3. The molecule has 2 rings (SSSR count). The van der Waals surface area contributed by atoms with E-state index in [1.807, 2.05) is 0 Å². The molecule has 0 fully saturated rings. The molecule has 0 aliphatic heterocycles. The number of rotatable bonds is 5. The second kappa shape index (κ2) is 6.33. The van der Waals surface area contributed by atoms with Gasteiger partial charge in [-0.3, -0.25) is 10.1 Å². The Balaban J connectivity index is 2.18. The number of hydrogen-bond donors (Lipinski definition) is 1. The van der Waals surface area contributed by atoms with Gasteiger partial charge in [0.2, 0.25) is 10.0 Å². The Labute approximate surface area is 130 Å². The molecule has 0 bridgehead atoms. The number of benzene rings is 2. The van der Waals surface area contributed by atoms with Gasteiger partial charge in [-0.05, 0) is 33.6 Å². The summed E-state index contributed by atoms with van der Waals surface area (Å²) in [5, 5.41) is 10.7. The molecule has 6 nitrogen and oxygen atoms in total. The molecule has 0 amide bonds. The number of sulfonamides is 1. The van der Waals surface area contributed by atoms with Gasteiger partial charge >= 0.3 is 0 Å². The van der Waals surface area contributed by atoms with E-state index in [0.29, 0.717) is 10.0 Å². The normalized spacial score (nSPS) is 11.3. The molecule has 2 aromatic rings. The van der Waals surface area contributed by atoms with Gasteiger partial charge in [0.15, 0.2) is 0 Å². The molecule has 0 unspecified atom stereocenters. The average Bonchev–Trinajstić information content (AvgIpc) is 2.46. The van der Waals surface area contributed by atoms with Crippen LogP contribution in [0.15, 0.2) is 57.9 Å². The average molecular weight is 371 g/mol. The summed E-state index contributed by atoms with van der Waals surface area (Å²) in [6.45, 7) is -0.0225. The van der Waals surface area contributed by atoms with Crippen LogP contribution in [0.4, 0.5) is 5.69 Å². The fourth-order valence-corrected chi connectivity index (χ4v) is 3.72. The van der Waals surface area contributed by atoms with Crippen molar-refractivity contribution in [1.82, 2.24) is 4.72 Å². The van der Waals surface area contributed by atoms with Gasteiger partial charge in [0.25, 0.3) is 5.69 Å². The molecule has 0 spiro atoms. The molecule has 0 atom stereocenters. The predicted molar refractivity (Wildman–Crippen MR) is 81.3 cm³/mol. The van der Waals surface area contributed by atoms with E-state index in [4.69, 9.17) is 0 Å². The van der Waals surface area contributed by atoms with Crippen molar-refractivity contribution in [2.24, 2.45) is 0 Å². The van der Waals surface area contributed by atoms with Gasteiger partial charge < -0.3 is 0 Å². The third kappa shape index (κ3) is 3.87. The van der Waals surface area contributed by atoms with E-state index in [2.05, 4.69) is 20.7 Å². The zero-order chi connectivity index (χ0) is 15.5. The second-order valence-electron chi connectivity index (χ2n) is 4.18. The molecular weight excluding hydrogens is 360 g/mol. The van der Waals surface area contributed by atoms with Crippen LogP contribution in [0.25, 0.3) is 0 Å². The third-order valence-corrected chi connectivity index (χ3v) is 5.13. The molecule has 0 aliphatic rings. The first-order chi connectivity index (χ1) is 9.90. The summed E-state index contributed by atoms with van der Waals surface area (Å²) >= 11 is 3.18. The van der Waals surface area contributed by atoms with E-state index in [9.17, 15) is 18.5 Å². The number of non-ortho nitro benzene ring substituents is 1. The zero-order valence-corrected chi connectivity index (χ0v) is 13.1. The van der Waals surface area contributed by atoms with Crippen molar-refractivity contribution in [3.8, 4) is 0 Å². The van der Waals surface area contributed by atoms with Crippen molar-refractivity contribution in [3.05, 3.63) is 68.7 Å². The zero-order valence-electron chi connectivity index (χ0n) is 10.7. The summed E-state index contributed by atoms with van der Waals surface area (Å²) in [6.07, 6.45) is 0. The molecular formula is C13H11BrN2O4S. The van der Waals surface area contributed by atoms with Gasteiger partial charge in [-0.25, -0.2) is 13.1 Å². The first-order valence-electron chi connectivity index (χ1n) is 5.88. The minimum Gasteiger partial charge on any atom is -0.258 e. The van der Waals surface area contributed by atoms with Crippen LogP contribution in [0.5, 0.6) is 0 Å². The van der Waals surface area contributed by atoms with Crippen LogP contribution in [0, 0.1) is 10.1 Å². The highest BCUT2D eigenvalue weighted by Crippen LogP contribution is 2.21. The van der Waals surface area contributed by atoms with Gasteiger partial charge in [-0.15, -0.1) is 0 Å². The second-order valence-corrected chi connectivity index (χ2v) is 6.77. The van der Waals surface area contributed by atoms with E-state index in [1.54, 1.807) is 24.3 Å². The number of nitro groups is 1. The Morgan fingerprint density at radius 1 is 1.14 bits per heavy atom. The lowest BCUT2D eigenvalue weighted by Gasteiger charge is -2.08. The summed E-state index contributed by atoms with van der Waals surface area (Å²) in [5.74, 6) is 0. The van der Waals surface area contributed by atoms with Crippen LogP contribution in [0.1, 0.15) is 5.56 Å². The van der Waals surface area contributed by atoms with Crippen LogP contribution in [0.3, 0.4) is 0 Å². The number of nitrogens with one attached hydrogen (secondary N) is 1. The summed E-state index contributed by atoms with van der Waals surface area (Å²) in [6, 6.07) is 12.3. The topological polar surface area (TPSA) is 89.3 Å². The van der Waals surface area contributed by atoms with Gasteiger partial charge in [0.05, 0.1) is 9.82 Å². The van der Waals surface area contributed by atoms with Crippen molar-refractivity contribution in [1.29, 1.82) is 0 Å². The molecule has 21 heavy (non-hydrogen) atoms. The van der Waals surface area contributed by atoms with Crippen molar-refractivity contribution in [2.45, 2.75) is 11.4 Å². The lowest BCUT2D eigenvalue weighted by atomic mass is 10.2. The lowest BCUT2D eigenvalue weighted by Crippen LogP contribution is -2.23. The maximum Gasteiger partial charge on any atom is 0.269 e. The molecule has 1 N–H and O–H groups in total. The first kappa shape index (κ1) is 15.6. The molecule has 0 aliphatic carbocycles. The monoisotopic (exact) mass is 370 g/mol. The van der Waals surface area contributed by atoms with Crippen molar-refractivity contribution in [2.75, 3.05) is 0 Å². The Kier molecular flexibility index (Phi) is 4.71. The quantitative estimate of drug-likeness (QED) is 0.647. The van der Waals surface area contributed by atoms with Gasteiger partial charge in [-0.2, -0.15) is 0 Å². The van der Waals surface area contributed by atoms with E-state index in [-0.39, 0.29) is 17.1 Å². The van der Waals surface area contributed by atoms with Crippen LogP contribution in [-0.2, 0) is 16.6 Å². The van der Waals surface area contributed by atoms with Crippen molar-refractivity contribution in [3.63, 3.8) is 0 Å². The van der Waals surface area contributed by atoms with E-state index in [1.165, 1.54) is 24.3 Å². The fourth-order valence-electron chi connectivity index (χ4n) is 1.70. The minimum atomic E-state index is -3.69. The molecule has 0 saturated carbocycles. The maximum absolute atomic E-state index is 12.2. The predicted octanol–water partition coefficient (Wildman–Crippen LogP) is 2.84. The third-order valence-electron chi connectivity index (χ3n) is 2.71.